The van der Waals surface area contributed by atoms with Crippen molar-refractivity contribution >= 4 is 0 Å². The molecule has 0 spiro atoms. The van der Waals surface area contributed by atoms with Gasteiger partial charge >= 0.3 is 0 Å². The summed E-state index contributed by atoms with van der Waals surface area (Å²) >= 11 is 0. The topological polar surface area (TPSA) is 30.3 Å². The zero-order chi connectivity index (χ0) is 13.5. The summed E-state index contributed by atoms with van der Waals surface area (Å²) < 4.78 is 7.54. The molecule has 108 valence electrons. The summed E-state index contributed by atoms with van der Waals surface area (Å²) in [6.45, 7) is 7.56. The van der Waals surface area contributed by atoms with Crippen LogP contribution in [-0.2, 0) is 11.3 Å². The molecule has 1 aromatic rings. The molecular formula is C15H27N3O. The Kier molecular flexibility index (Phi) is 5.86. The Morgan fingerprint density at radius 1 is 1.42 bits per heavy atom. The van der Waals surface area contributed by atoms with Gasteiger partial charge in [0.25, 0.3) is 0 Å². The number of likely N-dealkylation sites (tertiary alicyclic amines) is 1. The number of aryl methyl sites for hydroxylation is 1. The van der Waals surface area contributed by atoms with Crippen molar-refractivity contribution in [3.63, 3.8) is 0 Å². The molecule has 0 radical (unpaired) electrons. The van der Waals surface area contributed by atoms with Gasteiger partial charge in [0.05, 0.1) is 6.61 Å². The third kappa shape index (κ3) is 4.05. The summed E-state index contributed by atoms with van der Waals surface area (Å²) in [5, 5.41) is 0. The van der Waals surface area contributed by atoms with Crippen LogP contribution in [0.15, 0.2) is 12.4 Å². The minimum atomic E-state index is 0.595. The highest BCUT2D eigenvalue weighted by molar-refractivity contribution is 5.03. The summed E-state index contributed by atoms with van der Waals surface area (Å²) in [6, 6.07) is 0. The molecule has 1 saturated heterocycles. The lowest BCUT2D eigenvalue weighted by molar-refractivity contribution is 0.126. The molecule has 0 unspecified atom stereocenters. The number of ether oxygens (including phenoxy) is 1. The van der Waals surface area contributed by atoms with E-state index in [1.807, 2.05) is 6.20 Å². The van der Waals surface area contributed by atoms with E-state index in [0.29, 0.717) is 5.92 Å². The van der Waals surface area contributed by atoms with Crippen LogP contribution in [0.2, 0.25) is 0 Å². The standard InChI is InChI=1S/C15H27N3O/c1-3-4-9-18-10-7-16-15(18)14-6-5-8-17(13-14)11-12-19-2/h7,10,14H,3-6,8-9,11-13H2,1-2H3/t14-/m0/s1. The first kappa shape index (κ1) is 14.5. The molecule has 2 rings (SSSR count). The largest absolute Gasteiger partial charge is 0.383 e. The second kappa shape index (κ2) is 7.65. The molecule has 0 aliphatic carbocycles. The number of unbranched alkanes of at least 4 members (excludes halogenated alkanes) is 1. The molecular weight excluding hydrogens is 238 g/mol. The minimum Gasteiger partial charge on any atom is -0.383 e. The average molecular weight is 265 g/mol. The monoisotopic (exact) mass is 265 g/mol. The number of aromatic nitrogens is 2. The van der Waals surface area contributed by atoms with Crippen LogP contribution in [0, 0.1) is 0 Å². The lowest BCUT2D eigenvalue weighted by Gasteiger charge is -2.32. The highest BCUT2D eigenvalue weighted by Gasteiger charge is 2.24. The Bertz CT molecular complexity index is 364. The van der Waals surface area contributed by atoms with Gasteiger partial charge in [0, 0.05) is 45.1 Å². The van der Waals surface area contributed by atoms with E-state index >= 15 is 0 Å². The van der Waals surface area contributed by atoms with Crippen molar-refractivity contribution in [2.75, 3.05) is 33.4 Å². The van der Waals surface area contributed by atoms with Crippen molar-refractivity contribution in [2.45, 2.75) is 45.1 Å². The molecule has 1 aliphatic heterocycles. The van der Waals surface area contributed by atoms with Crippen LogP contribution in [0.4, 0.5) is 0 Å². The van der Waals surface area contributed by atoms with Crippen molar-refractivity contribution in [3.05, 3.63) is 18.2 Å². The fraction of sp³-hybridized carbons (Fsp3) is 0.800. The maximum Gasteiger partial charge on any atom is 0.113 e. The van der Waals surface area contributed by atoms with Gasteiger partial charge in [-0.25, -0.2) is 4.98 Å². The van der Waals surface area contributed by atoms with Gasteiger partial charge in [-0.2, -0.15) is 0 Å². The van der Waals surface area contributed by atoms with E-state index in [-0.39, 0.29) is 0 Å². The first-order chi connectivity index (χ1) is 9.35. The molecule has 0 aromatic carbocycles. The number of piperidine rings is 1. The van der Waals surface area contributed by atoms with Crippen molar-refractivity contribution in [2.24, 2.45) is 0 Å². The SMILES string of the molecule is CCCCn1ccnc1[C@H]1CCCN(CCOC)C1. The molecule has 2 heterocycles. The van der Waals surface area contributed by atoms with E-state index in [2.05, 4.69) is 27.6 Å². The van der Waals surface area contributed by atoms with Crippen molar-refractivity contribution in [1.29, 1.82) is 0 Å². The first-order valence-electron chi connectivity index (χ1n) is 7.57. The van der Waals surface area contributed by atoms with Gasteiger partial charge in [0.15, 0.2) is 0 Å². The van der Waals surface area contributed by atoms with E-state index in [9.17, 15) is 0 Å². The zero-order valence-electron chi connectivity index (χ0n) is 12.3. The molecule has 0 N–H and O–H groups in total. The third-order valence-corrected chi connectivity index (χ3v) is 3.98. The minimum absolute atomic E-state index is 0.595. The Balaban J connectivity index is 1.94. The second-order valence-electron chi connectivity index (χ2n) is 5.46. The molecule has 0 saturated carbocycles. The predicted molar refractivity (Wildman–Crippen MR) is 77.4 cm³/mol. The molecule has 1 atom stereocenters. The molecule has 4 heteroatoms. The van der Waals surface area contributed by atoms with Crippen LogP contribution in [0.3, 0.4) is 0 Å². The van der Waals surface area contributed by atoms with E-state index in [0.717, 1.165) is 26.2 Å². The van der Waals surface area contributed by atoms with Crippen molar-refractivity contribution in [3.8, 4) is 0 Å². The Morgan fingerprint density at radius 2 is 2.32 bits per heavy atom. The summed E-state index contributed by atoms with van der Waals surface area (Å²) in [4.78, 5) is 7.12. The van der Waals surface area contributed by atoms with E-state index < -0.39 is 0 Å². The maximum atomic E-state index is 5.18. The second-order valence-corrected chi connectivity index (χ2v) is 5.46. The maximum absolute atomic E-state index is 5.18. The van der Waals surface area contributed by atoms with Gasteiger partial charge in [0.2, 0.25) is 0 Å². The van der Waals surface area contributed by atoms with Gasteiger partial charge in [-0.1, -0.05) is 13.3 Å². The summed E-state index contributed by atoms with van der Waals surface area (Å²) in [7, 11) is 1.78. The number of methoxy groups -OCH3 is 1. The molecule has 1 fully saturated rings. The Hall–Kier alpha value is -0.870. The van der Waals surface area contributed by atoms with Gasteiger partial charge in [-0.15, -0.1) is 0 Å². The van der Waals surface area contributed by atoms with Crippen molar-refractivity contribution in [1.82, 2.24) is 14.5 Å². The summed E-state index contributed by atoms with van der Waals surface area (Å²) in [5.74, 6) is 1.88. The molecule has 0 amide bonds. The smallest absolute Gasteiger partial charge is 0.113 e. The van der Waals surface area contributed by atoms with Crippen LogP contribution in [-0.4, -0.2) is 47.8 Å². The highest BCUT2D eigenvalue weighted by Crippen LogP contribution is 2.25. The molecule has 1 aliphatic rings. The molecule has 0 bridgehead atoms. The van der Waals surface area contributed by atoms with Crippen LogP contribution in [0.25, 0.3) is 0 Å². The van der Waals surface area contributed by atoms with Gasteiger partial charge in [-0.3, -0.25) is 0 Å². The number of hydrogen-bond acceptors (Lipinski definition) is 3. The fourth-order valence-corrected chi connectivity index (χ4v) is 2.89. The molecule has 4 nitrogen and oxygen atoms in total. The Morgan fingerprint density at radius 3 is 3.11 bits per heavy atom. The predicted octanol–water partition coefficient (Wildman–Crippen LogP) is 2.51. The average Bonchev–Trinajstić information content (AvgIpc) is 2.91. The first-order valence-corrected chi connectivity index (χ1v) is 7.57. The Labute approximate surface area is 116 Å². The third-order valence-electron chi connectivity index (χ3n) is 3.98. The highest BCUT2D eigenvalue weighted by atomic mass is 16.5. The van der Waals surface area contributed by atoms with E-state index in [4.69, 9.17) is 4.74 Å². The summed E-state index contributed by atoms with van der Waals surface area (Å²) in [6.07, 6.45) is 9.12. The van der Waals surface area contributed by atoms with Crippen LogP contribution < -0.4 is 0 Å². The fourth-order valence-electron chi connectivity index (χ4n) is 2.89. The van der Waals surface area contributed by atoms with Crippen LogP contribution in [0.5, 0.6) is 0 Å². The lowest BCUT2D eigenvalue weighted by Crippen LogP contribution is -2.37. The zero-order valence-corrected chi connectivity index (χ0v) is 12.3. The number of imidazole rings is 1. The quantitative estimate of drug-likeness (QED) is 0.759. The van der Waals surface area contributed by atoms with Crippen molar-refractivity contribution < 1.29 is 4.74 Å². The van der Waals surface area contributed by atoms with Gasteiger partial charge < -0.3 is 14.2 Å². The number of nitrogens with zero attached hydrogens (tertiary/aromatic N) is 3. The van der Waals surface area contributed by atoms with E-state index in [1.165, 1.54) is 38.1 Å². The van der Waals surface area contributed by atoms with Gasteiger partial charge in [0.1, 0.15) is 5.82 Å². The summed E-state index contributed by atoms with van der Waals surface area (Å²) in [5.41, 5.74) is 0. The number of rotatable bonds is 7. The van der Waals surface area contributed by atoms with Crippen LogP contribution >= 0.6 is 0 Å². The van der Waals surface area contributed by atoms with E-state index in [1.54, 1.807) is 7.11 Å². The molecule has 1 aromatic heterocycles. The number of hydrogen-bond donors (Lipinski definition) is 0. The van der Waals surface area contributed by atoms with Crippen LogP contribution in [0.1, 0.15) is 44.3 Å². The lowest BCUT2D eigenvalue weighted by atomic mass is 9.97. The van der Waals surface area contributed by atoms with Gasteiger partial charge in [-0.05, 0) is 25.8 Å². The normalized spacial score (nSPS) is 20.8. The molecule has 19 heavy (non-hydrogen) atoms.